The van der Waals surface area contributed by atoms with E-state index in [2.05, 4.69) is 5.32 Å². The molecule has 2 amide bonds. The third-order valence-corrected chi connectivity index (χ3v) is 9.85. The summed E-state index contributed by atoms with van der Waals surface area (Å²) < 4.78 is 29.4. The van der Waals surface area contributed by atoms with Gasteiger partial charge in [0.1, 0.15) is 12.6 Å². The molecule has 1 aliphatic rings. The van der Waals surface area contributed by atoms with Gasteiger partial charge in [-0.15, -0.1) is 0 Å². The van der Waals surface area contributed by atoms with Gasteiger partial charge in [0, 0.05) is 12.6 Å². The summed E-state index contributed by atoms with van der Waals surface area (Å²) in [4.78, 5) is 29.5. The van der Waals surface area contributed by atoms with Gasteiger partial charge in [0.15, 0.2) is 0 Å². The standard InChI is InChI=1S/C34H43N3O4S/c1-5-31(34(39)35-29-13-9-10-14-29)36(22-21-28-11-7-6-8-12-28)33(38)24-37(32-20-17-26(3)23-27(32)4)42(40,41)30-18-15-25(2)16-19-30/h6-8,11-12,15-20,23,29,31H,5,9-10,13-14,21-22,24H2,1-4H3,(H,35,39). The van der Waals surface area contributed by atoms with Crippen LogP contribution in [-0.4, -0.2) is 50.3 Å². The van der Waals surface area contributed by atoms with Crippen molar-refractivity contribution in [2.24, 2.45) is 0 Å². The molecule has 8 heteroatoms. The molecule has 1 N–H and O–H groups in total. The van der Waals surface area contributed by atoms with Crippen LogP contribution >= 0.6 is 0 Å². The minimum atomic E-state index is -4.09. The molecule has 1 fully saturated rings. The smallest absolute Gasteiger partial charge is 0.264 e. The molecule has 0 spiro atoms. The number of hydrogen-bond donors (Lipinski definition) is 1. The molecule has 42 heavy (non-hydrogen) atoms. The third kappa shape index (κ3) is 7.59. The SMILES string of the molecule is CCC(C(=O)NC1CCCC1)N(CCc1ccccc1)C(=O)CN(c1ccc(C)cc1C)S(=O)(=O)c1ccc(C)cc1. The fourth-order valence-corrected chi connectivity index (χ4v) is 7.18. The summed E-state index contributed by atoms with van der Waals surface area (Å²) in [6, 6.07) is 21.4. The molecule has 1 atom stereocenters. The van der Waals surface area contributed by atoms with E-state index in [9.17, 15) is 18.0 Å². The maximum Gasteiger partial charge on any atom is 0.264 e. The van der Waals surface area contributed by atoms with Crippen LogP contribution in [0.4, 0.5) is 5.69 Å². The number of hydrogen-bond acceptors (Lipinski definition) is 4. The van der Waals surface area contributed by atoms with Gasteiger partial charge >= 0.3 is 0 Å². The van der Waals surface area contributed by atoms with Crippen LogP contribution in [-0.2, 0) is 26.0 Å². The van der Waals surface area contributed by atoms with E-state index >= 15 is 0 Å². The molecule has 0 aliphatic heterocycles. The molecule has 0 radical (unpaired) electrons. The number of carbonyl (C=O) groups excluding carboxylic acids is 2. The van der Waals surface area contributed by atoms with Crippen LogP contribution in [0.1, 0.15) is 61.3 Å². The van der Waals surface area contributed by atoms with Crippen molar-refractivity contribution in [3.05, 3.63) is 95.1 Å². The number of rotatable bonds is 12. The van der Waals surface area contributed by atoms with Crippen molar-refractivity contribution in [1.29, 1.82) is 0 Å². The zero-order valence-electron chi connectivity index (χ0n) is 25.2. The molecule has 0 heterocycles. The number of sulfonamides is 1. The highest BCUT2D eigenvalue weighted by Crippen LogP contribution is 2.28. The number of anilines is 1. The summed E-state index contributed by atoms with van der Waals surface area (Å²) in [6.07, 6.45) is 5.02. The van der Waals surface area contributed by atoms with Gasteiger partial charge in [-0.1, -0.05) is 85.5 Å². The summed E-state index contributed by atoms with van der Waals surface area (Å²) in [5, 5.41) is 3.16. The Morgan fingerprint density at radius 2 is 1.55 bits per heavy atom. The molecule has 1 unspecified atom stereocenters. The van der Waals surface area contributed by atoms with Crippen molar-refractivity contribution in [3.63, 3.8) is 0 Å². The van der Waals surface area contributed by atoms with Gasteiger partial charge in [0.05, 0.1) is 10.6 Å². The minimum absolute atomic E-state index is 0.114. The zero-order chi connectivity index (χ0) is 30.3. The average molecular weight is 590 g/mol. The Morgan fingerprint density at radius 3 is 2.17 bits per heavy atom. The van der Waals surface area contributed by atoms with Gasteiger partial charge < -0.3 is 10.2 Å². The molecule has 3 aromatic rings. The first-order valence-electron chi connectivity index (χ1n) is 14.9. The second kappa shape index (κ2) is 14.0. The Kier molecular flexibility index (Phi) is 10.4. The molecular formula is C34H43N3O4S. The van der Waals surface area contributed by atoms with Crippen molar-refractivity contribution in [2.75, 3.05) is 17.4 Å². The van der Waals surface area contributed by atoms with Crippen molar-refractivity contribution in [3.8, 4) is 0 Å². The van der Waals surface area contributed by atoms with E-state index in [4.69, 9.17) is 0 Å². The largest absolute Gasteiger partial charge is 0.352 e. The fourth-order valence-electron chi connectivity index (χ4n) is 5.70. The van der Waals surface area contributed by atoms with E-state index in [0.717, 1.165) is 47.9 Å². The lowest BCUT2D eigenvalue weighted by Crippen LogP contribution is -2.54. The first kappa shape index (κ1) is 31.3. The van der Waals surface area contributed by atoms with Crippen LogP contribution < -0.4 is 9.62 Å². The van der Waals surface area contributed by atoms with Gasteiger partial charge in [0.25, 0.3) is 10.0 Å². The Hall–Kier alpha value is -3.65. The lowest BCUT2D eigenvalue weighted by Gasteiger charge is -2.34. The molecule has 0 bridgehead atoms. The maximum atomic E-state index is 14.2. The molecule has 3 aromatic carbocycles. The average Bonchev–Trinajstić information content (AvgIpc) is 3.48. The number of aryl methyl sites for hydroxylation is 3. The van der Waals surface area contributed by atoms with Gasteiger partial charge in [-0.3, -0.25) is 13.9 Å². The van der Waals surface area contributed by atoms with E-state index in [0.29, 0.717) is 25.1 Å². The normalized spacial score (nSPS) is 14.4. The summed E-state index contributed by atoms with van der Waals surface area (Å²) in [6.45, 7) is 7.47. The zero-order valence-corrected chi connectivity index (χ0v) is 26.0. The number of carbonyl (C=O) groups is 2. The van der Waals surface area contributed by atoms with Crippen LogP contribution in [0.2, 0.25) is 0 Å². The Balaban J connectivity index is 1.70. The van der Waals surface area contributed by atoms with E-state index in [-0.39, 0.29) is 16.8 Å². The van der Waals surface area contributed by atoms with E-state index in [1.54, 1.807) is 35.2 Å². The molecular weight excluding hydrogens is 546 g/mol. The van der Waals surface area contributed by atoms with Crippen molar-refractivity contribution in [1.82, 2.24) is 10.2 Å². The number of amides is 2. The lowest BCUT2D eigenvalue weighted by atomic mass is 10.1. The third-order valence-electron chi connectivity index (χ3n) is 8.08. The molecule has 224 valence electrons. The monoisotopic (exact) mass is 589 g/mol. The van der Waals surface area contributed by atoms with Gasteiger partial charge in [-0.2, -0.15) is 0 Å². The van der Waals surface area contributed by atoms with E-state index in [1.165, 1.54) is 4.31 Å². The summed E-state index contributed by atoms with van der Waals surface area (Å²) in [5.74, 6) is -0.583. The number of nitrogens with zero attached hydrogens (tertiary/aromatic N) is 2. The Bertz CT molecular complexity index is 1470. The van der Waals surface area contributed by atoms with Crippen LogP contribution in [0, 0.1) is 20.8 Å². The minimum Gasteiger partial charge on any atom is -0.352 e. The van der Waals surface area contributed by atoms with Gasteiger partial charge in [-0.25, -0.2) is 8.42 Å². The highest BCUT2D eigenvalue weighted by atomic mass is 32.2. The predicted molar refractivity (Wildman–Crippen MR) is 168 cm³/mol. The lowest BCUT2D eigenvalue weighted by molar-refractivity contribution is -0.139. The van der Waals surface area contributed by atoms with Crippen molar-refractivity contribution in [2.45, 2.75) is 83.2 Å². The topological polar surface area (TPSA) is 86.8 Å². The molecule has 1 saturated carbocycles. The molecule has 0 saturated heterocycles. The first-order chi connectivity index (χ1) is 20.1. The predicted octanol–water partition coefficient (Wildman–Crippen LogP) is 5.72. The molecule has 4 rings (SSSR count). The second-order valence-electron chi connectivity index (χ2n) is 11.4. The van der Waals surface area contributed by atoms with Crippen LogP contribution in [0.5, 0.6) is 0 Å². The number of benzene rings is 3. The first-order valence-corrected chi connectivity index (χ1v) is 16.3. The second-order valence-corrected chi connectivity index (χ2v) is 13.2. The highest BCUT2D eigenvalue weighted by molar-refractivity contribution is 7.92. The fraction of sp³-hybridized carbons (Fsp3) is 0.412. The maximum absolute atomic E-state index is 14.2. The summed E-state index contributed by atoms with van der Waals surface area (Å²) in [7, 11) is -4.09. The summed E-state index contributed by atoms with van der Waals surface area (Å²) in [5.41, 5.74) is 4.17. The Labute approximate surface area is 251 Å². The summed E-state index contributed by atoms with van der Waals surface area (Å²) >= 11 is 0. The van der Waals surface area contributed by atoms with E-state index in [1.807, 2.05) is 70.2 Å². The van der Waals surface area contributed by atoms with Crippen LogP contribution in [0.25, 0.3) is 0 Å². The van der Waals surface area contributed by atoms with Gasteiger partial charge in [-0.05, 0) is 75.8 Å². The molecule has 0 aromatic heterocycles. The molecule has 7 nitrogen and oxygen atoms in total. The molecule has 1 aliphatic carbocycles. The van der Waals surface area contributed by atoms with Crippen molar-refractivity contribution >= 4 is 27.5 Å². The van der Waals surface area contributed by atoms with Crippen LogP contribution in [0.3, 0.4) is 0 Å². The van der Waals surface area contributed by atoms with Crippen LogP contribution in [0.15, 0.2) is 77.7 Å². The quantitative estimate of drug-likeness (QED) is 0.293. The van der Waals surface area contributed by atoms with E-state index < -0.39 is 28.5 Å². The highest BCUT2D eigenvalue weighted by Gasteiger charge is 2.34. The Morgan fingerprint density at radius 1 is 0.905 bits per heavy atom. The van der Waals surface area contributed by atoms with Crippen molar-refractivity contribution < 1.29 is 18.0 Å². The van der Waals surface area contributed by atoms with Gasteiger partial charge in [0.2, 0.25) is 11.8 Å². The number of nitrogens with one attached hydrogen (secondary N) is 1.